The Balaban J connectivity index is 2.31. The van der Waals surface area contributed by atoms with Gasteiger partial charge in [0.25, 0.3) is 5.78 Å². The summed E-state index contributed by atoms with van der Waals surface area (Å²) in [5, 5.41) is 4.20. The number of benzene rings is 1. The number of nitrogens with zero attached hydrogens (tertiary/aromatic N) is 4. The number of hydrogen-bond acceptors (Lipinski definition) is 4. The van der Waals surface area contributed by atoms with Gasteiger partial charge in [-0.05, 0) is 31.5 Å². The minimum Gasteiger partial charge on any atom is -0.383 e. The Morgan fingerprint density at radius 1 is 1.11 bits per heavy atom. The molecule has 0 amide bonds. The van der Waals surface area contributed by atoms with Gasteiger partial charge in [-0.2, -0.15) is 9.50 Å². The molecule has 2 N–H and O–H groups in total. The normalized spacial score (nSPS) is 11.1. The van der Waals surface area contributed by atoms with Crippen LogP contribution in [0, 0.1) is 19.7 Å². The minimum atomic E-state index is -0.286. The average Bonchev–Trinajstić information content (AvgIpc) is 2.72. The van der Waals surface area contributed by atoms with E-state index in [1.807, 2.05) is 6.92 Å². The lowest BCUT2D eigenvalue weighted by molar-refractivity contribution is 0.628. The van der Waals surface area contributed by atoms with Gasteiger partial charge in [-0.3, -0.25) is 0 Å². The zero-order valence-electron chi connectivity index (χ0n) is 10.6. The highest BCUT2D eigenvalue weighted by molar-refractivity contribution is 5.77. The van der Waals surface area contributed by atoms with Crippen LogP contribution in [0.3, 0.4) is 0 Å². The highest BCUT2D eigenvalue weighted by Crippen LogP contribution is 2.28. The van der Waals surface area contributed by atoms with Crippen LogP contribution in [0.5, 0.6) is 0 Å². The fraction of sp³-hybridized carbons (Fsp3) is 0.154. The molecule has 0 aliphatic rings. The largest absolute Gasteiger partial charge is 0.383 e. The van der Waals surface area contributed by atoms with Gasteiger partial charge in [0.1, 0.15) is 17.5 Å². The van der Waals surface area contributed by atoms with E-state index in [1.165, 1.54) is 16.6 Å². The number of aryl methyl sites for hydroxylation is 2. The molecule has 0 aliphatic heterocycles. The smallest absolute Gasteiger partial charge is 0.254 e. The monoisotopic (exact) mass is 257 g/mol. The second-order valence-electron chi connectivity index (χ2n) is 4.34. The van der Waals surface area contributed by atoms with E-state index in [2.05, 4.69) is 15.1 Å². The Morgan fingerprint density at radius 2 is 1.79 bits per heavy atom. The predicted octanol–water partition coefficient (Wildman–Crippen LogP) is 2.13. The van der Waals surface area contributed by atoms with Gasteiger partial charge >= 0.3 is 0 Å². The molecule has 0 fully saturated rings. The molecule has 2 aromatic heterocycles. The molecule has 2 heterocycles. The van der Waals surface area contributed by atoms with E-state index < -0.39 is 0 Å². The van der Waals surface area contributed by atoms with Crippen LogP contribution in [0.1, 0.15) is 11.5 Å². The topological polar surface area (TPSA) is 69.1 Å². The van der Waals surface area contributed by atoms with Gasteiger partial charge in [0.05, 0.1) is 5.69 Å². The fourth-order valence-corrected chi connectivity index (χ4v) is 2.11. The van der Waals surface area contributed by atoms with Crippen molar-refractivity contribution in [3.63, 3.8) is 0 Å². The van der Waals surface area contributed by atoms with Crippen LogP contribution in [-0.4, -0.2) is 19.6 Å². The van der Waals surface area contributed by atoms with Gasteiger partial charge in [-0.1, -0.05) is 12.1 Å². The second-order valence-corrected chi connectivity index (χ2v) is 4.34. The van der Waals surface area contributed by atoms with Gasteiger partial charge in [-0.15, -0.1) is 5.10 Å². The van der Waals surface area contributed by atoms with E-state index in [0.29, 0.717) is 17.4 Å². The van der Waals surface area contributed by atoms with Crippen LogP contribution in [0.25, 0.3) is 16.9 Å². The first-order chi connectivity index (χ1) is 9.06. The molecule has 0 unspecified atom stereocenters. The first-order valence-corrected chi connectivity index (χ1v) is 5.81. The minimum absolute atomic E-state index is 0.286. The van der Waals surface area contributed by atoms with E-state index >= 15 is 0 Å². The zero-order chi connectivity index (χ0) is 13.6. The van der Waals surface area contributed by atoms with Crippen LogP contribution < -0.4 is 5.73 Å². The Hall–Kier alpha value is -2.50. The molecule has 1 aromatic carbocycles. The number of rotatable bonds is 1. The highest BCUT2D eigenvalue weighted by Gasteiger charge is 2.14. The third kappa shape index (κ3) is 1.81. The summed E-state index contributed by atoms with van der Waals surface area (Å²) in [6.07, 6.45) is 0. The average molecular weight is 257 g/mol. The molecule has 6 heteroatoms. The molecule has 19 heavy (non-hydrogen) atoms. The quantitative estimate of drug-likeness (QED) is 0.725. The molecule has 0 bridgehead atoms. The molecule has 0 atom stereocenters. The first-order valence-electron chi connectivity index (χ1n) is 5.81. The summed E-state index contributed by atoms with van der Waals surface area (Å²) in [7, 11) is 0. The summed E-state index contributed by atoms with van der Waals surface area (Å²) in [6, 6.07) is 6.13. The number of halogens is 1. The van der Waals surface area contributed by atoms with E-state index in [0.717, 1.165) is 16.8 Å². The van der Waals surface area contributed by atoms with E-state index in [-0.39, 0.29) is 5.82 Å². The summed E-state index contributed by atoms with van der Waals surface area (Å²) < 4.78 is 14.5. The van der Waals surface area contributed by atoms with Crippen LogP contribution in [0.2, 0.25) is 0 Å². The lowest BCUT2D eigenvalue weighted by Gasteiger charge is -2.09. The standard InChI is InChI=1S/C13H12FN5/c1-7-11(9-3-5-10(14)6-4-9)12(15)19-13(16-7)17-8(2)18-19/h3-6H,15H2,1-2H3. The maximum atomic E-state index is 13.0. The van der Waals surface area contributed by atoms with Crippen molar-refractivity contribution in [1.82, 2.24) is 19.6 Å². The van der Waals surface area contributed by atoms with Gasteiger partial charge < -0.3 is 5.73 Å². The molecule has 0 saturated heterocycles. The van der Waals surface area contributed by atoms with Gasteiger partial charge in [0.2, 0.25) is 0 Å². The first kappa shape index (κ1) is 11.6. The number of hydrogen-bond donors (Lipinski definition) is 1. The molecule has 3 aromatic rings. The van der Waals surface area contributed by atoms with Crippen LogP contribution in [-0.2, 0) is 0 Å². The molecular weight excluding hydrogens is 245 g/mol. The molecule has 96 valence electrons. The number of nitrogens with two attached hydrogens (primary N) is 1. The van der Waals surface area contributed by atoms with Crippen LogP contribution in [0.15, 0.2) is 24.3 Å². The van der Waals surface area contributed by atoms with Crippen LogP contribution in [0.4, 0.5) is 10.2 Å². The molecule has 0 saturated carbocycles. The van der Waals surface area contributed by atoms with Crippen molar-refractivity contribution in [3.8, 4) is 11.1 Å². The van der Waals surface area contributed by atoms with Crippen molar-refractivity contribution in [1.29, 1.82) is 0 Å². The Bertz CT molecular complexity index is 761. The Morgan fingerprint density at radius 3 is 2.47 bits per heavy atom. The van der Waals surface area contributed by atoms with Crippen molar-refractivity contribution in [3.05, 3.63) is 41.6 Å². The highest BCUT2D eigenvalue weighted by atomic mass is 19.1. The lowest BCUT2D eigenvalue weighted by atomic mass is 10.1. The number of nitrogen functional groups attached to an aromatic ring is 1. The van der Waals surface area contributed by atoms with Crippen molar-refractivity contribution in [2.24, 2.45) is 0 Å². The number of fused-ring (bicyclic) bond motifs is 1. The third-order valence-corrected chi connectivity index (χ3v) is 2.94. The van der Waals surface area contributed by atoms with Crippen molar-refractivity contribution < 1.29 is 4.39 Å². The maximum absolute atomic E-state index is 13.0. The molecule has 5 nitrogen and oxygen atoms in total. The van der Waals surface area contributed by atoms with Crippen LogP contribution >= 0.6 is 0 Å². The van der Waals surface area contributed by atoms with E-state index in [9.17, 15) is 4.39 Å². The molecule has 3 rings (SSSR count). The third-order valence-electron chi connectivity index (χ3n) is 2.94. The summed E-state index contributed by atoms with van der Waals surface area (Å²) in [5.74, 6) is 1.24. The SMILES string of the molecule is Cc1nc2nc(C)c(-c3ccc(F)cc3)c(N)n2n1. The van der Waals surface area contributed by atoms with Gasteiger partial charge in [0, 0.05) is 5.56 Å². The lowest BCUT2D eigenvalue weighted by Crippen LogP contribution is -2.05. The molecular formula is C13H12FN5. The molecule has 0 spiro atoms. The summed E-state index contributed by atoms with van der Waals surface area (Å²) in [5.41, 5.74) is 8.42. The zero-order valence-corrected chi connectivity index (χ0v) is 10.6. The van der Waals surface area contributed by atoms with Gasteiger partial charge in [0.15, 0.2) is 0 Å². The summed E-state index contributed by atoms with van der Waals surface area (Å²) in [6.45, 7) is 3.63. The van der Waals surface area contributed by atoms with Gasteiger partial charge in [-0.25, -0.2) is 9.37 Å². The second kappa shape index (κ2) is 4.01. The van der Waals surface area contributed by atoms with E-state index in [1.54, 1.807) is 19.1 Å². The summed E-state index contributed by atoms with van der Waals surface area (Å²) in [4.78, 5) is 8.56. The molecule has 0 aliphatic carbocycles. The van der Waals surface area contributed by atoms with Crippen molar-refractivity contribution in [2.75, 3.05) is 5.73 Å². The Kier molecular flexibility index (Phi) is 2.45. The summed E-state index contributed by atoms with van der Waals surface area (Å²) >= 11 is 0. The van der Waals surface area contributed by atoms with E-state index in [4.69, 9.17) is 5.73 Å². The number of anilines is 1. The van der Waals surface area contributed by atoms with Crippen molar-refractivity contribution >= 4 is 11.6 Å². The maximum Gasteiger partial charge on any atom is 0.254 e. The fourth-order valence-electron chi connectivity index (χ4n) is 2.11. The predicted molar refractivity (Wildman–Crippen MR) is 70.1 cm³/mol. The Labute approximate surface area is 108 Å². The number of aromatic nitrogens is 4. The van der Waals surface area contributed by atoms with Crippen molar-refractivity contribution in [2.45, 2.75) is 13.8 Å². The molecule has 0 radical (unpaired) electrons.